The molecule has 2 atom stereocenters. The lowest BCUT2D eigenvalue weighted by Gasteiger charge is -2.23. The summed E-state index contributed by atoms with van der Waals surface area (Å²) in [4.78, 5) is 11.5. The fourth-order valence-electron chi connectivity index (χ4n) is 2.11. The summed E-state index contributed by atoms with van der Waals surface area (Å²) in [7, 11) is -0.517. The van der Waals surface area contributed by atoms with Crippen molar-refractivity contribution in [2.75, 3.05) is 20.7 Å². The van der Waals surface area contributed by atoms with Gasteiger partial charge in [-0.05, 0) is 12.8 Å². The van der Waals surface area contributed by atoms with Crippen LogP contribution in [0.15, 0.2) is 0 Å². The predicted octanol–water partition coefficient (Wildman–Crippen LogP) is 0.610. The number of esters is 1. The van der Waals surface area contributed by atoms with Gasteiger partial charge >= 0.3 is 5.97 Å². The van der Waals surface area contributed by atoms with E-state index in [0.717, 1.165) is 6.42 Å². The Morgan fingerprint density at radius 3 is 2.56 bits per heavy atom. The largest absolute Gasteiger partial charge is 0.469 e. The molecule has 0 radical (unpaired) electrons. The molecule has 1 saturated carbocycles. The van der Waals surface area contributed by atoms with Gasteiger partial charge in [-0.15, -0.1) is 0 Å². The standard InChI is InChI=1S/C10H19NO4S/c1-4-11(2)16(13,14)9-7-5-6-8(9)10(12)15-3/h8-9H,4-7H2,1-3H3. The Balaban J connectivity index is 2.91. The maximum atomic E-state index is 12.1. The van der Waals surface area contributed by atoms with E-state index in [2.05, 4.69) is 4.74 Å². The molecular formula is C10H19NO4S. The van der Waals surface area contributed by atoms with E-state index in [1.165, 1.54) is 11.4 Å². The number of carbonyl (C=O) groups is 1. The van der Waals surface area contributed by atoms with E-state index in [9.17, 15) is 13.2 Å². The van der Waals surface area contributed by atoms with E-state index in [0.29, 0.717) is 19.4 Å². The number of hydrogen-bond donors (Lipinski definition) is 0. The Kier molecular flexibility index (Phi) is 4.32. The zero-order valence-electron chi connectivity index (χ0n) is 9.97. The quantitative estimate of drug-likeness (QED) is 0.685. The van der Waals surface area contributed by atoms with E-state index in [4.69, 9.17) is 0 Å². The molecule has 0 spiro atoms. The summed E-state index contributed by atoms with van der Waals surface area (Å²) in [6, 6.07) is 0. The van der Waals surface area contributed by atoms with Crippen LogP contribution in [0.1, 0.15) is 26.2 Å². The van der Waals surface area contributed by atoms with E-state index in [1.54, 1.807) is 14.0 Å². The molecule has 5 nitrogen and oxygen atoms in total. The highest BCUT2D eigenvalue weighted by Crippen LogP contribution is 2.33. The van der Waals surface area contributed by atoms with Crippen molar-refractivity contribution in [2.24, 2.45) is 5.92 Å². The first kappa shape index (κ1) is 13.4. The van der Waals surface area contributed by atoms with E-state index >= 15 is 0 Å². The fraction of sp³-hybridized carbons (Fsp3) is 0.900. The first-order valence-electron chi connectivity index (χ1n) is 5.48. The Hall–Kier alpha value is -0.620. The second-order valence-corrected chi connectivity index (χ2v) is 6.32. The van der Waals surface area contributed by atoms with E-state index in [-0.39, 0.29) is 0 Å². The summed E-state index contributed by atoms with van der Waals surface area (Å²) in [5.74, 6) is -0.903. The number of nitrogens with zero attached hydrogens (tertiary/aromatic N) is 1. The molecule has 0 aliphatic heterocycles. The average Bonchev–Trinajstić information content (AvgIpc) is 2.76. The lowest BCUT2D eigenvalue weighted by Crippen LogP contribution is -2.40. The highest BCUT2D eigenvalue weighted by Gasteiger charge is 2.43. The van der Waals surface area contributed by atoms with Crippen LogP contribution in [-0.2, 0) is 19.6 Å². The van der Waals surface area contributed by atoms with Gasteiger partial charge in [-0.3, -0.25) is 4.79 Å². The minimum absolute atomic E-state index is 0.407. The molecule has 1 aliphatic rings. The molecule has 2 unspecified atom stereocenters. The first-order chi connectivity index (χ1) is 7.45. The Morgan fingerprint density at radius 2 is 2.06 bits per heavy atom. The Bertz CT molecular complexity index is 352. The monoisotopic (exact) mass is 249 g/mol. The van der Waals surface area contributed by atoms with Crippen molar-refractivity contribution in [3.63, 3.8) is 0 Å². The van der Waals surface area contributed by atoms with Crippen LogP contribution < -0.4 is 0 Å². The smallest absolute Gasteiger partial charge is 0.310 e. The van der Waals surface area contributed by atoms with Crippen LogP contribution in [0.2, 0.25) is 0 Å². The number of rotatable bonds is 4. The van der Waals surface area contributed by atoms with E-state index < -0.39 is 27.2 Å². The third-order valence-electron chi connectivity index (χ3n) is 3.22. The predicted molar refractivity (Wildman–Crippen MR) is 60.4 cm³/mol. The Morgan fingerprint density at radius 1 is 1.44 bits per heavy atom. The highest BCUT2D eigenvalue weighted by molar-refractivity contribution is 7.89. The van der Waals surface area contributed by atoms with Crippen molar-refractivity contribution < 1.29 is 17.9 Å². The van der Waals surface area contributed by atoms with Crippen molar-refractivity contribution in [3.05, 3.63) is 0 Å². The second kappa shape index (κ2) is 5.14. The van der Waals surface area contributed by atoms with Gasteiger partial charge in [0.15, 0.2) is 0 Å². The van der Waals surface area contributed by atoms with Crippen LogP contribution in [0.25, 0.3) is 0 Å². The lowest BCUT2D eigenvalue weighted by molar-refractivity contribution is -0.145. The summed E-state index contributed by atoms with van der Waals surface area (Å²) in [6.45, 7) is 2.20. The molecule has 6 heteroatoms. The van der Waals surface area contributed by atoms with Crippen molar-refractivity contribution in [1.82, 2.24) is 4.31 Å². The summed E-state index contributed by atoms with van der Waals surface area (Å²) >= 11 is 0. The normalized spacial score (nSPS) is 26.0. The van der Waals surface area contributed by atoms with Crippen LogP contribution in [0.4, 0.5) is 0 Å². The molecule has 0 aromatic carbocycles. The van der Waals surface area contributed by atoms with Gasteiger partial charge in [-0.2, -0.15) is 0 Å². The van der Waals surface area contributed by atoms with Crippen molar-refractivity contribution in [2.45, 2.75) is 31.4 Å². The van der Waals surface area contributed by atoms with Crippen LogP contribution in [0.3, 0.4) is 0 Å². The van der Waals surface area contributed by atoms with Gasteiger partial charge in [-0.1, -0.05) is 13.3 Å². The third-order valence-corrected chi connectivity index (χ3v) is 5.68. The maximum absolute atomic E-state index is 12.1. The van der Waals surface area contributed by atoms with Gasteiger partial charge in [0, 0.05) is 13.6 Å². The molecule has 1 fully saturated rings. The van der Waals surface area contributed by atoms with Gasteiger partial charge in [0.1, 0.15) is 0 Å². The molecule has 1 rings (SSSR count). The molecule has 0 amide bonds. The maximum Gasteiger partial charge on any atom is 0.310 e. The lowest BCUT2D eigenvalue weighted by atomic mass is 10.1. The zero-order chi connectivity index (χ0) is 12.3. The molecule has 0 bridgehead atoms. The SMILES string of the molecule is CCN(C)S(=O)(=O)C1CCCC1C(=O)OC. The van der Waals surface area contributed by atoms with Crippen LogP contribution >= 0.6 is 0 Å². The van der Waals surface area contributed by atoms with Crippen LogP contribution in [-0.4, -0.2) is 44.6 Å². The summed E-state index contributed by atoms with van der Waals surface area (Å²) < 4.78 is 30.2. The summed E-state index contributed by atoms with van der Waals surface area (Å²) in [6.07, 6.45) is 1.92. The number of ether oxygens (including phenoxy) is 1. The van der Waals surface area contributed by atoms with Crippen LogP contribution in [0.5, 0.6) is 0 Å². The van der Waals surface area contributed by atoms with Crippen molar-refractivity contribution in [1.29, 1.82) is 0 Å². The minimum Gasteiger partial charge on any atom is -0.469 e. The number of sulfonamides is 1. The van der Waals surface area contributed by atoms with Crippen molar-refractivity contribution >= 4 is 16.0 Å². The van der Waals surface area contributed by atoms with Gasteiger partial charge in [0.25, 0.3) is 0 Å². The number of carbonyl (C=O) groups excluding carboxylic acids is 1. The zero-order valence-corrected chi connectivity index (χ0v) is 10.8. The molecule has 0 aromatic heterocycles. The van der Waals surface area contributed by atoms with Gasteiger partial charge in [-0.25, -0.2) is 12.7 Å². The molecule has 0 N–H and O–H groups in total. The summed E-state index contributed by atoms with van der Waals surface area (Å²) in [5, 5.41) is -0.607. The van der Waals surface area contributed by atoms with Gasteiger partial charge in [0.2, 0.25) is 10.0 Å². The van der Waals surface area contributed by atoms with Gasteiger partial charge < -0.3 is 4.74 Å². The molecule has 94 valence electrons. The first-order valence-corrected chi connectivity index (χ1v) is 6.98. The summed E-state index contributed by atoms with van der Waals surface area (Å²) in [5.41, 5.74) is 0. The topological polar surface area (TPSA) is 63.7 Å². The highest BCUT2D eigenvalue weighted by atomic mass is 32.2. The van der Waals surface area contributed by atoms with E-state index in [1.807, 2.05) is 0 Å². The molecule has 16 heavy (non-hydrogen) atoms. The van der Waals surface area contributed by atoms with Gasteiger partial charge in [0.05, 0.1) is 18.3 Å². The Labute approximate surface area is 96.8 Å². The third kappa shape index (κ3) is 2.38. The second-order valence-electron chi connectivity index (χ2n) is 4.06. The number of methoxy groups -OCH3 is 1. The average molecular weight is 249 g/mol. The number of hydrogen-bond acceptors (Lipinski definition) is 4. The fourth-order valence-corrected chi connectivity index (χ4v) is 4.06. The molecule has 0 heterocycles. The molecule has 0 saturated heterocycles. The van der Waals surface area contributed by atoms with Crippen LogP contribution in [0, 0.1) is 5.92 Å². The molecule has 0 aromatic rings. The molecule has 1 aliphatic carbocycles. The van der Waals surface area contributed by atoms with Crippen molar-refractivity contribution in [3.8, 4) is 0 Å². The minimum atomic E-state index is -3.36. The molecular weight excluding hydrogens is 230 g/mol.